The van der Waals surface area contributed by atoms with Gasteiger partial charge in [-0.2, -0.15) is 4.98 Å². The maximum absolute atomic E-state index is 11.9. The van der Waals surface area contributed by atoms with Crippen molar-refractivity contribution in [1.29, 1.82) is 0 Å². The number of fused-ring (bicyclic) bond motifs is 1. The van der Waals surface area contributed by atoms with Crippen LogP contribution < -0.4 is 11.4 Å². The molecule has 1 fully saturated rings. The van der Waals surface area contributed by atoms with Crippen molar-refractivity contribution >= 4 is 17.1 Å². The fourth-order valence-electron chi connectivity index (χ4n) is 2.25. The molecule has 19 heavy (non-hydrogen) atoms. The topological polar surface area (TPSA) is 139 Å². The van der Waals surface area contributed by atoms with E-state index in [-0.39, 0.29) is 24.6 Å². The maximum Gasteiger partial charge on any atom is 0.329 e. The predicted molar refractivity (Wildman–Crippen MR) is 64.2 cm³/mol. The third kappa shape index (κ3) is 1.87. The molecule has 5 N–H and O–H groups in total. The molecule has 0 radical (unpaired) electrons. The minimum atomic E-state index is -0.898. The zero-order valence-electron chi connectivity index (χ0n) is 9.85. The highest BCUT2D eigenvalue weighted by molar-refractivity contribution is 5.70. The minimum absolute atomic E-state index is 0.0199. The quantitative estimate of drug-likeness (QED) is 0.510. The summed E-state index contributed by atoms with van der Waals surface area (Å²) in [5, 5.41) is 19.0. The van der Waals surface area contributed by atoms with E-state index in [4.69, 9.17) is 15.6 Å². The van der Waals surface area contributed by atoms with E-state index in [0.717, 1.165) is 0 Å². The molecule has 102 valence electrons. The molecule has 0 bridgehead atoms. The van der Waals surface area contributed by atoms with Crippen molar-refractivity contribution < 1.29 is 14.9 Å². The van der Waals surface area contributed by atoms with Crippen LogP contribution in [-0.4, -0.2) is 48.5 Å². The van der Waals surface area contributed by atoms with Gasteiger partial charge in [-0.15, -0.1) is 0 Å². The average Bonchev–Trinajstić information content (AvgIpc) is 2.88. The summed E-state index contributed by atoms with van der Waals surface area (Å²) >= 11 is 0. The molecular weight excluding hydrogens is 254 g/mol. The van der Waals surface area contributed by atoms with E-state index in [0.29, 0.717) is 5.52 Å². The summed E-state index contributed by atoms with van der Waals surface area (Å²) in [7, 11) is 0. The summed E-state index contributed by atoms with van der Waals surface area (Å²) in [6.07, 6.45) is -0.657. The third-order valence-corrected chi connectivity index (χ3v) is 3.10. The summed E-state index contributed by atoms with van der Waals surface area (Å²) in [6, 6.07) is 0. The Morgan fingerprint density at radius 1 is 1.63 bits per heavy atom. The number of aliphatic hydroxyl groups excluding tert-OH is 2. The molecule has 1 saturated heterocycles. The number of aromatic amines is 1. The van der Waals surface area contributed by atoms with Gasteiger partial charge in [0, 0.05) is 6.42 Å². The fourth-order valence-corrected chi connectivity index (χ4v) is 2.25. The zero-order chi connectivity index (χ0) is 13.6. The van der Waals surface area contributed by atoms with Gasteiger partial charge in [0.2, 0.25) is 5.95 Å². The van der Waals surface area contributed by atoms with Crippen LogP contribution in [-0.2, 0) is 4.74 Å². The second-order valence-electron chi connectivity index (χ2n) is 4.40. The van der Waals surface area contributed by atoms with Gasteiger partial charge in [-0.25, -0.2) is 14.3 Å². The number of aliphatic hydroxyl groups is 2. The van der Waals surface area contributed by atoms with E-state index in [2.05, 4.69) is 15.0 Å². The Morgan fingerprint density at radius 3 is 3.11 bits per heavy atom. The molecule has 3 rings (SSSR count). The molecule has 2 aromatic heterocycles. The molecule has 9 heteroatoms. The molecule has 1 unspecified atom stereocenters. The Morgan fingerprint density at radius 2 is 2.42 bits per heavy atom. The molecule has 0 amide bonds. The Balaban J connectivity index is 2.12. The number of nitrogens with two attached hydrogens (primary N) is 1. The minimum Gasteiger partial charge on any atom is -0.394 e. The van der Waals surface area contributed by atoms with Crippen molar-refractivity contribution in [2.75, 3.05) is 12.3 Å². The van der Waals surface area contributed by atoms with Crippen LogP contribution in [0.3, 0.4) is 0 Å². The number of imidazole rings is 1. The van der Waals surface area contributed by atoms with Gasteiger partial charge in [0.15, 0.2) is 11.9 Å². The van der Waals surface area contributed by atoms with Crippen molar-refractivity contribution in [3.05, 3.63) is 16.7 Å². The SMILES string of the molecule is Nc1ncc2[nH]c(=O)n([C@@H]3O[C@H](CO)CC3O)c2n1. The molecule has 3 heterocycles. The smallest absolute Gasteiger partial charge is 0.329 e. The van der Waals surface area contributed by atoms with E-state index in [9.17, 15) is 9.90 Å². The van der Waals surface area contributed by atoms with E-state index in [1.165, 1.54) is 10.8 Å². The molecule has 0 aromatic carbocycles. The normalized spacial score (nSPS) is 27.2. The Hall–Kier alpha value is -1.97. The van der Waals surface area contributed by atoms with Crippen LogP contribution in [0.2, 0.25) is 0 Å². The Bertz CT molecular complexity index is 665. The first kappa shape index (κ1) is 12.1. The number of aromatic nitrogens is 4. The lowest BCUT2D eigenvalue weighted by molar-refractivity contribution is -0.0502. The summed E-state index contributed by atoms with van der Waals surface area (Å²) in [4.78, 5) is 22.2. The zero-order valence-corrected chi connectivity index (χ0v) is 9.85. The number of hydrogen-bond donors (Lipinski definition) is 4. The lowest BCUT2D eigenvalue weighted by Gasteiger charge is -2.15. The average molecular weight is 267 g/mol. The molecular formula is C10H13N5O4. The third-order valence-electron chi connectivity index (χ3n) is 3.10. The van der Waals surface area contributed by atoms with Crippen LogP contribution >= 0.6 is 0 Å². The fraction of sp³-hybridized carbons (Fsp3) is 0.500. The predicted octanol–water partition coefficient (Wildman–Crippen LogP) is -1.66. The lowest BCUT2D eigenvalue weighted by atomic mass is 10.2. The number of nitrogens with zero attached hydrogens (tertiary/aromatic N) is 3. The number of H-pyrrole nitrogens is 1. The number of hydrogen-bond acceptors (Lipinski definition) is 7. The van der Waals surface area contributed by atoms with Crippen LogP contribution in [0, 0.1) is 0 Å². The van der Waals surface area contributed by atoms with Crippen molar-refractivity contribution in [2.24, 2.45) is 0 Å². The van der Waals surface area contributed by atoms with Crippen molar-refractivity contribution in [3.63, 3.8) is 0 Å². The molecule has 1 aliphatic rings. The van der Waals surface area contributed by atoms with Crippen molar-refractivity contribution in [1.82, 2.24) is 19.5 Å². The molecule has 0 aliphatic carbocycles. The highest BCUT2D eigenvalue weighted by atomic mass is 16.5. The van der Waals surface area contributed by atoms with Crippen molar-refractivity contribution in [3.8, 4) is 0 Å². The van der Waals surface area contributed by atoms with Crippen LogP contribution in [0.5, 0.6) is 0 Å². The van der Waals surface area contributed by atoms with Crippen LogP contribution in [0.15, 0.2) is 11.0 Å². The maximum atomic E-state index is 11.9. The first-order chi connectivity index (χ1) is 9.10. The molecule has 0 spiro atoms. The Labute approximate surface area is 106 Å². The lowest BCUT2D eigenvalue weighted by Crippen LogP contribution is -2.28. The van der Waals surface area contributed by atoms with E-state index >= 15 is 0 Å². The van der Waals surface area contributed by atoms with Gasteiger partial charge in [0.05, 0.1) is 18.9 Å². The molecule has 1 aliphatic heterocycles. The van der Waals surface area contributed by atoms with Gasteiger partial charge in [0.1, 0.15) is 11.6 Å². The van der Waals surface area contributed by atoms with E-state index in [1.807, 2.05) is 0 Å². The second kappa shape index (κ2) is 4.30. The molecule has 2 aromatic rings. The first-order valence-corrected chi connectivity index (χ1v) is 5.77. The van der Waals surface area contributed by atoms with Crippen LogP contribution in [0.4, 0.5) is 5.95 Å². The standard InChI is InChI=1S/C10H13N5O4/c11-9-12-2-5-7(14-9)15(10(18)13-5)8-6(17)1-4(3-16)19-8/h2,4,6,8,16-17H,1,3H2,(H,13,18)(H2,11,12,14)/t4-,6?,8+/m0/s1. The summed E-state index contributed by atoms with van der Waals surface area (Å²) in [5.74, 6) is 0.0199. The van der Waals surface area contributed by atoms with Gasteiger partial charge in [-0.05, 0) is 0 Å². The van der Waals surface area contributed by atoms with E-state index < -0.39 is 24.1 Å². The summed E-state index contributed by atoms with van der Waals surface area (Å²) in [6.45, 7) is -0.220. The number of nitrogens with one attached hydrogen (secondary N) is 1. The van der Waals surface area contributed by atoms with Crippen LogP contribution in [0.1, 0.15) is 12.6 Å². The van der Waals surface area contributed by atoms with Crippen LogP contribution in [0.25, 0.3) is 11.2 Å². The van der Waals surface area contributed by atoms with Gasteiger partial charge in [-0.3, -0.25) is 0 Å². The highest BCUT2D eigenvalue weighted by Gasteiger charge is 2.36. The molecule has 9 nitrogen and oxygen atoms in total. The number of anilines is 1. The van der Waals surface area contributed by atoms with Gasteiger partial charge < -0.3 is 25.7 Å². The first-order valence-electron chi connectivity index (χ1n) is 5.77. The number of ether oxygens (including phenoxy) is 1. The second-order valence-corrected chi connectivity index (χ2v) is 4.40. The monoisotopic (exact) mass is 267 g/mol. The van der Waals surface area contributed by atoms with E-state index in [1.54, 1.807) is 0 Å². The molecule has 0 saturated carbocycles. The highest BCUT2D eigenvalue weighted by Crippen LogP contribution is 2.29. The Kier molecular flexibility index (Phi) is 2.73. The van der Waals surface area contributed by atoms with Gasteiger partial charge in [0.25, 0.3) is 0 Å². The number of rotatable bonds is 2. The van der Waals surface area contributed by atoms with Gasteiger partial charge in [-0.1, -0.05) is 0 Å². The summed E-state index contributed by atoms with van der Waals surface area (Å²) < 4.78 is 6.63. The van der Waals surface area contributed by atoms with Gasteiger partial charge >= 0.3 is 5.69 Å². The largest absolute Gasteiger partial charge is 0.394 e. The molecule has 3 atom stereocenters. The van der Waals surface area contributed by atoms with Crippen molar-refractivity contribution in [2.45, 2.75) is 24.9 Å². The summed E-state index contributed by atoms with van der Waals surface area (Å²) in [5.41, 5.74) is 5.69. The number of nitrogen functional groups attached to an aromatic ring is 1.